The molecule has 0 spiro atoms. The van der Waals surface area contributed by atoms with Crippen LogP contribution < -0.4 is 0 Å². The predicted molar refractivity (Wildman–Crippen MR) is 99.9 cm³/mol. The molecule has 148 valence electrons. The molecule has 2 unspecified atom stereocenters. The Bertz CT molecular complexity index is 655. The van der Waals surface area contributed by atoms with Gasteiger partial charge in [-0.25, -0.2) is 9.59 Å². The van der Waals surface area contributed by atoms with E-state index in [2.05, 4.69) is 31.2 Å². The number of carbonyl (C=O) groups excluding carboxylic acids is 1. The first-order valence-electron chi connectivity index (χ1n) is 9.66. The Hall–Kier alpha value is -2.28. The maximum Gasteiger partial charge on any atom is 0.506 e. The van der Waals surface area contributed by atoms with E-state index in [1.54, 1.807) is 9.80 Å². The molecule has 2 heterocycles. The number of hydrogen-bond acceptors (Lipinski definition) is 4. The third-order valence-electron chi connectivity index (χ3n) is 5.54. The molecule has 0 saturated carbocycles. The van der Waals surface area contributed by atoms with Gasteiger partial charge < -0.3 is 24.7 Å². The van der Waals surface area contributed by atoms with Crippen LogP contribution in [0.1, 0.15) is 43.2 Å². The fourth-order valence-electron chi connectivity index (χ4n) is 3.96. The largest absolute Gasteiger partial charge is 0.506 e. The Kier molecular flexibility index (Phi) is 6.21. The van der Waals surface area contributed by atoms with E-state index in [9.17, 15) is 14.7 Å². The average molecular weight is 376 g/mol. The molecule has 0 radical (unpaired) electrons. The molecule has 7 nitrogen and oxygen atoms in total. The second-order valence-electron chi connectivity index (χ2n) is 7.44. The standard InChI is InChI=1S/C20H28N2O5/c1-2-14-3-5-15(6-4-14)16-11-18(27-20(25)26)13-22(12-16)19(24)21-9-7-17(23)8-10-21/h3-6,16-18,23H,2,7-13H2,1H3,(H,25,26). The molecule has 0 aliphatic carbocycles. The summed E-state index contributed by atoms with van der Waals surface area (Å²) in [6, 6.07) is 8.18. The van der Waals surface area contributed by atoms with Gasteiger partial charge in [0.1, 0.15) is 6.10 Å². The Morgan fingerprint density at radius 2 is 1.78 bits per heavy atom. The number of aryl methyl sites for hydroxylation is 1. The molecule has 7 heteroatoms. The molecule has 3 rings (SSSR count). The van der Waals surface area contributed by atoms with Crippen LogP contribution >= 0.6 is 0 Å². The predicted octanol–water partition coefficient (Wildman–Crippen LogP) is 2.68. The Labute approximate surface area is 159 Å². The van der Waals surface area contributed by atoms with Gasteiger partial charge >= 0.3 is 12.2 Å². The molecule has 27 heavy (non-hydrogen) atoms. The minimum absolute atomic E-state index is 0.0355. The fourth-order valence-corrected chi connectivity index (χ4v) is 3.96. The summed E-state index contributed by atoms with van der Waals surface area (Å²) in [5, 5.41) is 18.7. The lowest BCUT2D eigenvalue weighted by Gasteiger charge is -2.41. The highest BCUT2D eigenvalue weighted by molar-refractivity contribution is 5.75. The summed E-state index contributed by atoms with van der Waals surface area (Å²) in [6.07, 6.45) is 0.499. The van der Waals surface area contributed by atoms with Crippen LogP contribution in [0.2, 0.25) is 0 Å². The van der Waals surface area contributed by atoms with Crippen molar-refractivity contribution in [2.45, 2.75) is 50.7 Å². The van der Waals surface area contributed by atoms with E-state index >= 15 is 0 Å². The summed E-state index contributed by atoms with van der Waals surface area (Å²) in [7, 11) is 0. The van der Waals surface area contributed by atoms with E-state index in [0.29, 0.717) is 38.9 Å². The first-order valence-corrected chi connectivity index (χ1v) is 9.66. The maximum absolute atomic E-state index is 12.9. The third-order valence-corrected chi connectivity index (χ3v) is 5.54. The molecule has 2 fully saturated rings. The number of carboxylic acid groups (broad SMARTS) is 1. The molecule has 2 aliphatic heterocycles. The Balaban J connectivity index is 1.74. The van der Waals surface area contributed by atoms with Crippen molar-refractivity contribution in [2.75, 3.05) is 26.2 Å². The SMILES string of the molecule is CCc1ccc(C2CC(OC(=O)O)CN(C(=O)N3CCC(O)CC3)C2)cc1. The minimum atomic E-state index is -1.31. The van der Waals surface area contributed by atoms with Crippen LogP contribution in [-0.2, 0) is 11.2 Å². The number of benzene rings is 1. The van der Waals surface area contributed by atoms with Crippen molar-refractivity contribution >= 4 is 12.2 Å². The maximum atomic E-state index is 12.9. The summed E-state index contributed by atoms with van der Waals surface area (Å²) in [5.74, 6) is 0.0355. The van der Waals surface area contributed by atoms with E-state index in [1.807, 2.05) is 0 Å². The number of nitrogens with zero attached hydrogens (tertiary/aromatic N) is 2. The molecular weight excluding hydrogens is 348 g/mol. The van der Waals surface area contributed by atoms with Crippen molar-refractivity contribution in [1.29, 1.82) is 0 Å². The van der Waals surface area contributed by atoms with Crippen LogP contribution in [0.25, 0.3) is 0 Å². The Morgan fingerprint density at radius 1 is 1.11 bits per heavy atom. The van der Waals surface area contributed by atoms with E-state index in [-0.39, 0.29) is 24.6 Å². The zero-order chi connectivity index (χ0) is 19.4. The van der Waals surface area contributed by atoms with Crippen molar-refractivity contribution in [3.05, 3.63) is 35.4 Å². The highest BCUT2D eigenvalue weighted by atomic mass is 16.7. The van der Waals surface area contributed by atoms with E-state index in [1.165, 1.54) is 5.56 Å². The zero-order valence-corrected chi connectivity index (χ0v) is 15.7. The van der Waals surface area contributed by atoms with Crippen molar-refractivity contribution < 1.29 is 24.5 Å². The van der Waals surface area contributed by atoms with Gasteiger partial charge in [0.15, 0.2) is 0 Å². The quantitative estimate of drug-likeness (QED) is 0.792. The number of carbonyl (C=O) groups is 2. The number of amides is 2. The first kappa shape index (κ1) is 19.5. The first-order chi connectivity index (χ1) is 13.0. The van der Waals surface area contributed by atoms with Gasteiger partial charge in [0.2, 0.25) is 0 Å². The van der Waals surface area contributed by atoms with Crippen molar-refractivity contribution in [3.63, 3.8) is 0 Å². The van der Waals surface area contributed by atoms with Crippen LogP contribution in [0, 0.1) is 0 Å². The summed E-state index contributed by atoms with van der Waals surface area (Å²) in [6.45, 7) is 3.96. The molecule has 0 bridgehead atoms. The van der Waals surface area contributed by atoms with Crippen LogP contribution in [0.5, 0.6) is 0 Å². The van der Waals surface area contributed by atoms with Gasteiger partial charge in [-0.3, -0.25) is 0 Å². The van der Waals surface area contributed by atoms with E-state index in [4.69, 9.17) is 9.84 Å². The number of hydrogen-bond donors (Lipinski definition) is 2. The number of urea groups is 1. The Morgan fingerprint density at radius 3 is 2.37 bits per heavy atom. The molecular formula is C20H28N2O5. The summed E-state index contributed by atoms with van der Waals surface area (Å²) in [4.78, 5) is 27.4. The van der Waals surface area contributed by atoms with E-state index in [0.717, 1.165) is 12.0 Å². The summed E-state index contributed by atoms with van der Waals surface area (Å²) < 4.78 is 5.04. The lowest BCUT2D eigenvalue weighted by molar-refractivity contribution is 0.00880. The van der Waals surface area contributed by atoms with Crippen LogP contribution in [0.4, 0.5) is 9.59 Å². The number of likely N-dealkylation sites (tertiary alicyclic amines) is 2. The van der Waals surface area contributed by atoms with Crippen LogP contribution in [-0.4, -0.2) is 70.6 Å². The van der Waals surface area contributed by atoms with Gasteiger partial charge in [-0.1, -0.05) is 31.2 Å². The third kappa shape index (κ3) is 4.91. The fraction of sp³-hybridized carbons (Fsp3) is 0.600. The van der Waals surface area contributed by atoms with Crippen molar-refractivity contribution in [1.82, 2.24) is 9.80 Å². The normalized spacial score (nSPS) is 23.9. The van der Waals surface area contributed by atoms with Gasteiger partial charge in [-0.15, -0.1) is 0 Å². The summed E-state index contributed by atoms with van der Waals surface area (Å²) >= 11 is 0. The number of ether oxygens (including phenoxy) is 1. The van der Waals surface area contributed by atoms with Crippen LogP contribution in [0.3, 0.4) is 0 Å². The minimum Gasteiger partial charge on any atom is -0.450 e. The van der Waals surface area contributed by atoms with Gasteiger partial charge in [-0.05, 0) is 36.8 Å². The molecule has 1 aromatic carbocycles. The van der Waals surface area contributed by atoms with Gasteiger partial charge in [0, 0.05) is 25.6 Å². The highest BCUT2D eigenvalue weighted by Gasteiger charge is 2.35. The second kappa shape index (κ2) is 8.61. The summed E-state index contributed by atoms with van der Waals surface area (Å²) in [5.41, 5.74) is 2.34. The zero-order valence-electron chi connectivity index (χ0n) is 15.7. The van der Waals surface area contributed by atoms with Gasteiger partial charge in [0.05, 0.1) is 12.6 Å². The molecule has 2 atom stereocenters. The monoisotopic (exact) mass is 376 g/mol. The number of aliphatic hydroxyl groups excluding tert-OH is 1. The van der Waals surface area contributed by atoms with Gasteiger partial charge in [-0.2, -0.15) is 0 Å². The number of aliphatic hydroxyl groups is 1. The number of piperidine rings is 2. The van der Waals surface area contributed by atoms with Crippen LogP contribution in [0.15, 0.2) is 24.3 Å². The molecule has 1 aromatic rings. The smallest absolute Gasteiger partial charge is 0.450 e. The molecule has 0 aromatic heterocycles. The van der Waals surface area contributed by atoms with E-state index < -0.39 is 12.3 Å². The van der Waals surface area contributed by atoms with Gasteiger partial charge in [0.25, 0.3) is 0 Å². The average Bonchev–Trinajstić information content (AvgIpc) is 2.67. The topological polar surface area (TPSA) is 90.3 Å². The molecule has 2 aliphatic rings. The molecule has 2 amide bonds. The lowest BCUT2D eigenvalue weighted by Crippen LogP contribution is -2.53. The van der Waals surface area contributed by atoms with Crippen molar-refractivity contribution in [3.8, 4) is 0 Å². The highest BCUT2D eigenvalue weighted by Crippen LogP contribution is 2.30. The second-order valence-corrected chi connectivity index (χ2v) is 7.44. The van der Waals surface area contributed by atoms with Crippen molar-refractivity contribution in [2.24, 2.45) is 0 Å². The molecule has 2 saturated heterocycles. The lowest BCUT2D eigenvalue weighted by atomic mass is 9.88. The number of rotatable bonds is 3. The molecule has 2 N–H and O–H groups in total.